The van der Waals surface area contributed by atoms with Gasteiger partial charge in [-0.2, -0.15) is 0 Å². The van der Waals surface area contributed by atoms with Crippen LogP contribution in [0.4, 0.5) is 11.4 Å². The zero-order valence-electron chi connectivity index (χ0n) is 17.9. The van der Waals surface area contributed by atoms with Gasteiger partial charge in [-0.15, -0.1) is 0 Å². The SMILES string of the molecule is Cc1cc(C(c2ccc(C(C)C)cc2)c2cc(C)c(N)c(C)c2)cc(C)c1N. The van der Waals surface area contributed by atoms with Gasteiger partial charge in [-0.3, -0.25) is 0 Å². The second-order valence-corrected chi connectivity index (χ2v) is 8.39. The van der Waals surface area contributed by atoms with Crippen LogP contribution in [0.5, 0.6) is 0 Å². The second-order valence-electron chi connectivity index (χ2n) is 8.39. The molecule has 0 aromatic heterocycles. The third-order valence-electron chi connectivity index (χ3n) is 5.84. The molecule has 0 atom stereocenters. The highest BCUT2D eigenvalue weighted by atomic mass is 14.6. The van der Waals surface area contributed by atoms with Crippen molar-refractivity contribution < 1.29 is 0 Å². The van der Waals surface area contributed by atoms with Crippen LogP contribution in [-0.4, -0.2) is 0 Å². The molecule has 0 saturated carbocycles. The van der Waals surface area contributed by atoms with E-state index in [-0.39, 0.29) is 5.92 Å². The van der Waals surface area contributed by atoms with Gasteiger partial charge in [0.2, 0.25) is 0 Å². The van der Waals surface area contributed by atoms with E-state index in [0.29, 0.717) is 5.92 Å². The van der Waals surface area contributed by atoms with Gasteiger partial charge in [0.15, 0.2) is 0 Å². The number of rotatable bonds is 4. The smallest absolute Gasteiger partial charge is 0.0373 e. The van der Waals surface area contributed by atoms with Crippen molar-refractivity contribution in [3.05, 3.63) is 93.0 Å². The van der Waals surface area contributed by atoms with Crippen molar-refractivity contribution in [2.24, 2.45) is 0 Å². The molecule has 3 aromatic rings. The quantitative estimate of drug-likeness (QED) is 0.412. The van der Waals surface area contributed by atoms with Crippen molar-refractivity contribution in [3.8, 4) is 0 Å². The summed E-state index contributed by atoms with van der Waals surface area (Å²) >= 11 is 0. The predicted molar refractivity (Wildman–Crippen MR) is 122 cm³/mol. The summed E-state index contributed by atoms with van der Waals surface area (Å²) in [6.07, 6.45) is 0. The van der Waals surface area contributed by atoms with E-state index < -0.39 is 0 Å². The Morgan fingerprint density at radius 1 is 0.536 bits per heavy atom. The highest BCUT2D eigenvalue weighted by Crippen LogP contribution is 2.37. The van der Waals surface area contributed by atoms with Crippen LogP contribution in [0, 0.1) is 27.7 Å². The van der Waals surface area contributed by atoms with Gasteiger partial charge in [0.1, 0.15) is 0 Å². The molecular formula is C26H32N2. The highest BCUT2D eigenvalue weighted by molar-refractivity contribution is 5.60. The molecular weight excluding hydrogens is 340 g/mol. The molecule has 0 aliphatic carbocycles. The molecule has 3 aromatic carbocycles. The van der Waals surface area contributed by atoms with Gasteiger partial charge in [0, 0.05) is 17.3 Å². The molecule has 0 amide bonds. The van der Waals surface area contributed by atoms with Gasteiger partial charge in [-0.05, 0) is 78.1 Å². The molecule has 2 heteroatoms. The Hall–Kier alpha value is -2.74. The van der Waals surface area contributed by atoms with Crippen molar-refractivity contribution in [1.29, 1.82) is 0 Å². The number of hydrogen-bond donors (Lipinski definition) is 2. The Balaban J connectivity index is 2.22. The molecule has 4 N–H and O–H groups in total. The minimum Gasteiger partial charge on any atom is -0.398 e. The van der Waals surface area contributed by atoms with E-state index >= 15 is 0 Å². The fraction of sp³-hybridized carbons (Fsp3) is 0.308. The maximum absolute atomic E-state index is 6.23. The fourth-order valence-electron chi connectivity index (χ4n) is 4.00. The average Bonchev–Trinajstić information content (AvgIpc) is 2.64. The number of benzene rings is 3. The topological polar surface area (TPSA) is 52.0 Å². The highest BCUT2D eigenvalue weighted by Gasteiger charge is 2.20. The monoisotopic (exact) mass is 372 g/mol. The van der Waals surface area contributed by atoms with Gasteiger partial charge in [-0.1, -0.05) is 62.4 Å². The fourth-order valence-corrected chi connectivity index (χ4v) is 4.00. The maximum Gasteiger partial charge on any atom is 0.0373 e. The van der Waals surface area contributed by atoms with Crippen LogP contribution >= 0.6 is 0 Å². The van der Waals surface area contributed by atoms with E-state index in [1.54, 1.807) is 0 Å². The molecule has 0 bridgehead atoms. The minimum atomic E-state index is 0.150. The molecule has 2 nitrogen and oxygen atoms in total. The van der Waals surface area contributed by atoms with Gasteiger partial charge in [0.25, 0.3) is 0 Å². The predicted octanol–water partition coefficient (Wildman–Crippen LogP) is 6.39. The van der Waals surface area contributed by atoms with Gasteiger partial charge < -0.3 is 11.5 Å². The molecule has 0 aliphatic rings. The Bertz CT molecular complexity index is 894. The van der Waals surface area contributed by atoms with E-state index in [1.807, 2.05) is 0 Å². The first kappa shape index (κ1) is 20.0. The van der Waals surface area contributed by atoms with Gasteiger partial charge in [0.05, 0.1) is 0 Å². The number of anilines is 2. The number of hydrogen-bond acceptors (Lipinski definition) is 2. The zero-order valence-corrected chi connectivity index (χ0v) is 17.9. The molecule has 0 radical (unpaired) electrons. The summed E-state index contributed by atoms with van der Waals surface area (Å²) in [6, 6.07) is 17.9. The first-order valence-corrected chi connectivity index (χ1v) is 10.0. The van der Waals surface area contributed by atoms with Crippen molar-refractivity contribution in [3.63, 3.8) is 0 Å². The number of nitrogen functional groups attached to an aromatic ring is 2. The Morgan fingerprint density at radius 3 is 1.18 bits per heavy atom. The molecule has 0 saturated heterocycles. The summed E-state index contributed by atoms with van der Waals surface area (Å²) in [4.78, 5) is 0. The summed E-state index contributed by atoms with van der Waals surface area (Å²) in [5.41, 5.74) is 23.9. The summed E-state index contributed by atoms with van der Waals surface area (Å²) in [5.74, 6) is 0.673. The van der Waals surface area contributed by atoms with Crippen LogP contribution < -0.4 is 11.5 Å². The number of aryl methyl sites for hydroxylation is 4. The number of nitrogens with two attached hydrogens (primary N) is 2. The lowest BCUT2D eigenvalue weighted by atomic mass is 9.81. The van der Waals surface area contributed by atoms with E-state index in [0.717, 1.165) is 33.6 Å². The van der Waals surface area contributed by atoms with Crippen LogP contribution in [0.15, 0.2) is 48.5 Å². The Morgan fingerprint density at radius 2 is 0.857 bits per heavy atom. The van der Waals surface area contributed by atoms with Crippen LogP contribution in [0.25, 0.3) is 0 Å². The molecule has 3 rings (SSSR count). The summed E-state index contributed by atoms with van der Waals surface area (Å²) < 4.78 is 0. The minimum absolute atomic E-state index is 0.150. The second kappa shape index (κ2) is 7.71. The van der Waals surface area contributed by atoms with Crippen LogP contribution in [0.3, 0.4) is 0 Å². The van der Waals surface area contributed by atoms with E-state index in [4.69, 9.17) is 11.5 Å². The van der Waals surface area contributed by atoms with E-state index in [9.17, 15) is 0 Å². The van der Waals surface area contributed by atoms with Crippen molar-refractivity contribution in [1.82, 2.24) is 0 Å². The lowest BCUT2D eigenvalue weighted by Gasteiger charge is -2.23. The van der Waals surface area contributed by atoms with Crippen molar-refractivity contribution >= 4 is 11.4 Å². The van der Waals surface area contributed by atoms with Crippen LogP contribution in [0.2, 0.25) is 0 Å². The molecule has 0 aliphatic heterocycles. The summed E-state index contributed by atoms with van der Waals surface area (Å²) in [7, 11) is 0. The van der Waals surface area contributed by atoms with Crippen molar-refractivity contribution in [2.45, 2.75) is 53.4 Å². The lowest BCUT2D eigenvalue weighted by Crippen LogP contribution is -2.08. The zero-order chi connectivity index (χ0) is 20.6. The first-order chi connectivity index (χ1) is 13.2. The van der Waals surface area contributed by atoms with Crippen molar-refractivity contribution in [2.75, 3.05) is 11.5 Å². The molecule has 0 unspecified atom stereocenters. The van der Waals surface area contributed by atoms with Crippen LogP contribution in [-0.2, 0) is 0 Å². The third-order valence-corrected chi connectivity index (χ3v) is 5.84. The van der Waals surface area contributed by atoms with E-state index in [2.05, 4.69) is 90.1 Å². The van der Waals surface area contributed by atoms with E-state index in [1.165, 1.54) is 22.3 Å². The molecule has 28 heavy (non-hydrogen) atoms. The maximum atomic E-state index is 6.23. The standard InChI is InChI=1S/C26H32N2/c1-15(2)20-7-9-21(10-8-20)24(22-11-16(3)25(27)17(4)12-22)23-13-18(5)26(28)19(6)14-23/h7-15,24H,27-28H2,1-6H3. The largest absolute Gasteiger partial charge is 0.398 e. The third kappa shape index (κ3) is 3.77. The first-order valence-electron chi connectivity index (χ1n) is 10.0. The summed E-state index contributed by atoms with van der Waals surface area (Å²) in [5, 5.41) is 0. The Kier molecular flexibility index (Phi) is 5.51. The molecule has 146 valence electrons. The Labute approximate surface area is 169 Å². The normalized spacial score (nSPS) is 11.4. The lowest BCUT2D eigenvalue weighted by molar-refractivity contribution is 0.862. The van der Waals surface area contributed by atoms with Crippen LogP contribution in [0.1, 0.15) is 70.2 Å². The summed E-state index contributed by atoms with van der Waals surface area (Å²) in [6.45, 7) is 12.8. The van der Waals surface area contributed by atoms with Gasteiger partial charge in [-0.25, -0.2) is 0 Å². The molecule has 0 fully saturated rings. The average molecular weight is 373 g/mol. The van der Waals surface area contributed by atoms with Gasteiger partial charge >= 0.3 is 0 Å². The molecule has 0 spiro atoms. The molecule has 0 heterocycles.